The third-order valence-electron chi connectivity index (χ3n) is 2.39. The Morgan fingerprint density at radius 3 is 2.64 bits per heavy atom. The maximum Gasteiger partial charge on any atom is 0.245 e. The highest BCUT2D eigenvalue weighted by Crippen LogP contribution is 2.10. The Morgan fingerprint density at radius 1 is 1.50 bits per heavy atom. The van der Waals surface area contributed by atoms with Gasteiger partial charge in [0.1, 0.15) is 6.04 Å². The number of carbonyl (C=O) groups excluding carboxylic acids is 2. The molecule has 0 spiro atoms. The van der Waals surface area contributed by atoms with E-state index in [4.69, 9.17) is 0 Å². The monoisotopic (exact) mass is 198 g/mol. The number of piperazine rings is 1. The molecule has 1 fully saturated rings. The van der Waals surface area contributed by atoms with Crippen molar-refractivity contribution in [3.8, 4) is 0 Å². The molecule has 0 saturated carbocycles. The highest BCUT2D eigenvalue weighted by Gasteiger charge is 2.33. The molecule has 80 valence electrons. The van der Waals surface area contributed by atoms with Gasteiger partial charge in [0.25, 0.3) is 0 Å². The summed E-state index contributed by atoms with van der Waals surface area (Å²) < 4.78 is 0. The predicted molar refractivity (Wildman–Crippen MR) is 53.6 cm³/mol. The molecule has 0 aromatic rings. The van der Waals surface area contributed by atoms with Crippen molar-refractivity contribution >= 4 is 11.8 Å². The molecular weight excluding hydrogens is 180 g/mol. The first-order chi connectivity index (χ1) is 6.56. The van der Waals surface area contributed by atoms with Crippen molar-refractivity contribution in [1.82, 2.24) is 10.2 Å². The molecule has 1 aliphatic rings. The van der Waals surface area contributed by atoms with E-state index in [0.717, 1.165) is 6.42 Å². The largest absolute Gasteiger partial charge is 0.343 e. The molecule has 0 radical (unpaired) electrons. The lowest BCUT2D eigenvalue weighted by molar-refractivity contribution is -0.145. The second-order valence-corrected chi connectivity index (χ2v) is 4.05. The molecule has 2 amide bonds. The summed E-state index contributed by atoms with van der Waals surface area (Å²) in [6.45, 7) is 6.78. The first-order valence-electron chi connectivity index (χ1n) is 5.14. The van der Waals surface area contributed by atoms with Crippen LogP contribution in [0.4, 0.5) is 0 Å². The molecule has 1 N–H and O–H groups in total. The maximum atomic E-state index is 11.8. The van der Waals surface area contributed by atoms with Gasteiger partial charge in [-0.2, -0.15) is 0 Å². The molecule has 1 aliphatic heterocycles. The SMILES string of the molecule is CCCN1CC(=O)NC(C(C)C)C1=O. The topological polar surface area (TPSA) is 49.4 Å². The second kappa shape index (κ2) is 4.44. The van der Waals surface area contributed by atoms with Crippen LogP contribution in [0.1, 0.15) is 27.2 Å². The fourth-order valence-electron chi connectivity index (χ4n) is 1.64. The molecule has 4 heteroatoms. The first kappa shape index (κ1) is 11.0. The van der Waals surface area contributed by atoms with E-state index in [1.54, 1.807) is 4.90 Å². The molecule has 0 aromatic heterocycles. The normalized spacial score (nSPS) is 22.9. The third-order valence-corrected chi connectivity index (χ3v) is 2.39. The fourth-order valence-corrected chi connectivity index (χ4v) is 1.64. The van der Waals surface area contributed by atoms with Crippen molar-refractivity contribution in [2.75, 3.05) is 13.1 Å². The minimum absolute atomic E-state index is 0.0447. The minimum atomic E-state index is -0.331. The molecule has 0 aliphatic carbocycles. The average Bonchev–Trinajstić information content (AvgIpc) is 2.10. The van der Waals surface area contributed by atoms with Crippen LogP contribution in [-0.4, -0.2) is 35.8 Å². The number of nitrogens with zero attached hydrogens (tertiary/aromatic N) is 1. The van der Waals surface area contributed by atoms with Crippen LogP contribution in [0, 0.1) is 5.92 Å². The van der Waals surface area contributed by atoms with Gasteiger partial charge in [-0.1, -0.05) is 20.8 Å². The van der Waals surface area contributed by atoms with E-state index >= 15 is 0 Å². The summed E-state index contributed by atoms with van der Waals surface area (Å²) in [7, 11) is 0. The fraction of sp³-hybridized carbons (Fsp3) is 0.800. The van der Waals surface area contributed by atoms with Crippen molar-refractivity contribution in [1.29, 1.82) is 0 Å². The zero-order valence-corrected chi connectivity index (χ0v) is 9.04. The van der Waals surface area contributed by atoms with Crippen molar-refractivity contribution in [2.45, 2.75) is 33.2 Å². The third kappa shape index (κ3) is 2.25. The smallest absolute Gasteiger partial charge is 0.245 e. The summed E-state index contributed by atoms with van der Waals surface area (Å²) in [6, 6.07) is -0.331. The van der Waals surface area contributed by atoms with Crippen LogP contribution >= 0.6 is 0 Å². The Hall–Kier alpha value is -1.06. The van der Waals surface area contributed by atoms with Crippen LogP contribution in [0.25, 0.3) is 0 Å². The van der Waals surface area contributed by atoms with Crippen LogP contribution in [0.15, 0.2) is 0 Å². The Balaban J connectivity index is 2.70. The standard InChI is InChI=1S/C10H18N2O2/c1-4-5-12-6-8(13)11-9(7(2)3)10(12)14/h7,9H,4-6H2,1-3H3,(H,11,13). The zero-order valence-electron chi connectivity index (χ0n) is 9.04. The van der Waals surface area contributed by atoms with E-state index in [0.29, 0.717) is 6.54 Å². The Bertz CT molecular complexity index is 238. The number of nitrogens with one attached hydrogen (secondary N) is 1. The summed E-state index contributed by atoms with van der Waals surface area (Å²) in [5, 5.41) is 2.72. The van der Waals surface area contributed by atoms with Gasteiger partial charge in [-0.3, -0.25) is 9.59 Å². The van der Waals surface area contributed by atoms with E-state index in [-0.39, 0.29) is 30.3 Å². The van der Waals surface area contributed by atoms with Gasteiger partial charge in [0.2, 0.25) is 11.8 Å². The molecular formula is C10H18N2O2. The van der Waals surface area contributed by atoms with Crippen LogP contribution in [0.5, 0.6) is 0 Å². The predicted octanol–water partition coefficient (Wildman–Crippen LogP) is 0.379. The molecule has 1 unspecified atom stereocenters. The summed E-state index contributed by atoms with van der Waals surface area (Å²) >= 11 is 0. The number of rotatable bonds is 3. The van der Waals surface area contributed by atoms with Gasteiger partial charge >= 0.3 is 0 Å². The van der Waals surface area contributed by atoms with Crippen molar-refractivity contribution < 1.29 is 9.59 Å². The van der Waals surface area contributed by atoms with Crippen molar-refractivity contribution in [3.63, 3.8) is 0 Å². The number of hydrogen-bond acceptors (Lipinski definition) is 2. The van der Waals surface area contributed by atoms with Crippen molar-refractivity contribution in [3.05, 3.63) is 0 Å². The number of amides is 2. The highest BCUT2D eigenvalue weighted by molar-refractivity contribution is 5.94. The summed E-state index contributed by atoms with van der Waals surface area (Å²) in [5.41, 5.74) is 0. The average molecular weight is 198 g/mol. The lowest BCUT2D eigenvalue weighted by Gasteiger charge is -2.34. The first-order valence-corrected chi connectivity index (χ1v) is 5.14. The lowest BCUT2D eigenvalue weighted by Crippen LogP contribution is -2.59. The van der Waals surface area contributed by atoms with Gasteiger partial charge in [-0.25, -0.2) is 0 Å². The van der Waals surface area contributed by atoms with Gasteiger partial charge in [-0.15, -0.1) is 0 Å². The Morgan fingerprint density at radius 2 is 2.14 bits per heavy atom. The van der Waals surface area contributed by atoms with Gasteiger partial charge in [-0.05, 0) is 12.3 Å². The zero-order chi connectivity index (χ0) is 10.7. The van der Waals surface area contributed by atoms with E-state index in [1.807, 2.05) is 20.8 Å². The quantitative estimate of drug-likeness (QED) is 0.712. The van der Waals surface area contributed by atoms with E-state index in [9.17, 15) is 9.59 Å². The number of carbonyl (C=O) groups is 2. The van der Waals surface area contributed by atoms with E-state index < -0.39 is 0 Å². The van der Waals surface area contributed by atoms with Crippen LogP contribution in [-0.2, 0) is 9.59 Å². The van der Waals surface area contributed by atoms with Gasteiger partial charge < -0.3 is 10.2 Å². The number of hydrogen-bond donors (Lipinski definition) is 1. The molecule has 1 rings (SSSR count). The second-order valence-electron chi connectivity index (χ2n) is 4.05. The van der Waals surface area contributed by atoms with Crippen LogP contribution in [0.3, 0.4) is 0 Å². The van der Waals surface area contributed by atoms with E-state index in [1.165, 1.54) is 0 Å². The molecule has 14 heavy (non-hydrogen) atoms. The molecule has 4 nitrogen and oxygen atoms in total. The van der Waals surface area contributed by atoms with Crippen LogP contribution < -0.4 is 5.32 Å². The van der Waals surface area contributed by atoms with E-state index in [2.05, 4.69) is 5.32 Å². The molecule has 1 saturated heterocycles. The van der Waals surface area contributed by atoms with Gasteiger partial charge in [0.05, 0.1) is 6.54 Å². The summed E-state index contributed by atoms with van der Waals surface area (Å²) in [6.07, 6.45) is 0.893. The van der Waals surface area contributed by atoms with Gasteiger partial charge in [0.15, 0.2) is 0 Å². The summed E-state index contributed by atoms with van der Waals surface area (Å²) in [4.78, 5) is 24.8. The van der Waals surface area contributed by atoms with Crippen LogP contribution in [0.2, 0.25) is 0 Å². The molecule has 0 aromatic carbocycles. The Labute approximate surface area is 84.7 Å². The molecule has 0 bridgehead atoms. The minimum Gasteiger partial charge on any atom is -0.343 e. The molecule has 1 heterocycles. The molecule has 1 atom stereocenters. The highest BCUT2D eigenvalue weighted by atomic mass is 16.2. The van der Waals surface area contributed by atoms with Gasteiger partial charge in [0, 0.05) is 6.54 Å². The Kier molecular flexibility index (Phi) is 3.49. The lowest BCUT2D eigenvalue weighted by atomic mass is 10.0. The summed E-state index contributed by atoms with van der Waals surface area (Å²) in [5.74, 6) is 0.171. The van der Waals surface area contributed by atoms with Crippen molar-refractivity contribution in [2.24, 2.45) is 5.92 Å². The maximum absolute atomic E-state index is 11.8.